The highest BCUT2D eigenvalue weighted by Crippen LogP contribution is 2.26. The molecular weight excluding hydrogens is 358 g/mol. The van der Waals surface area contributed by atoms with Crippen molar-refractivity contribution in [3.8, 4) is 10.7 Å². The van der Waals surface area contributed by atoms with Crippen molar-refractivity contribution in [2.24, 2.45) is 0 Å². The Morgan fingerprint density at radius 1 is 1.36 bits per heavy atom. The molecule has 3 heterocycles. The van der Waals surface area contributed by atoms with Gasteiger partial charge < -0.3 is 15.0 Å². The van der Waals surface area contributed by atoms with E-state index in [1.165, 1.54) is 22.7 Å². The summed E-state index contributed by atoms with van der Waals surface area (Å²) in [5.74, 6) is -0.0913. The molecule has 0 spiro atoms. The van der Waals surface area contributed by atoms with Gasteiger partial charge in [0.15, 0.2) is 10.0 Å². The molecule has 0 saturated carbocycles. The van der Waals surface area contributed by atoms with Crippen LogP contribution in [0, 0.1) is 0 Å². The van der Waals surface area contributed by atoms with E-state index >= 15 is 0 Å². The molecule has 3 aromatic heterocycles. The Morgan fingerprint density at radius 2 is 2.20 bits per heavy atom. The molecule has 0 fully saturated rings. The molecule has 0 saturated heterocycles. The van der Waals surface area contributed by atoms with Crippen LogP contribution in [0.3, 0.4) is 0 Å². The van der Waals surface area contributed by atoms with Crippen LogP contribution in [-0.4, -0.2) is 32.6 Å². The van der Waals surface area contributed by atoms with Crippen molar-refractivity contribution in [3.05, 3.63) is 32.7 Å². The summed E-state index contributed by atoms with van der Waals surface area (Å²) < 4.78 is 7.19. The molecule has 1 aliphatic carbocycles. The van der Waals surface area contributed by atoms with Crippen LogP contribution >= 0.6 is 22.7 Å². The molecule has 2 N–H and O–H groups in total. The van der Waals surface area contributed by atoms with Crippen LogP contribution in [0.15, 0.2) is 11.6 Å². The van der Waals surface area contributed by atoms with Crippen LogP contribution < -0.4 is 16.3 Å². The molecule has 0 bridgehead atoms. The molecule has 1 aliphatic rings. The zero-order chi connectivity index (χ0) is 17.4. The first-order chi connectivity index (χ1) is 12.2. The average Bonchev–Trinajstić information content (AvgIpc) is 3.33. The Bertz CT molecular complexity index is 1060. The van der Waals surface area contributed by atoms with Crippen LogP contribution in [0.4, 0.5) is 5.13 Å². The van der Waals surface area contributed by atoms with E-state index < -0.39 is 0 Å². The van der Waals surface area contributed by atoms with E-state index in [-0.39, 0.29) is 5.78 Å². The van der Waals surface area contributed by atoms with Crippen molar-refractivity contribution in [1.29, 1.82) is 0 Å². The van der Waals surface area contributed by atoms with Crippen molar-refractivity contribution in [3.63, 3.8) is 0 Å². The van der Waals surface area contributed by atoms with E-state index in [2.05, 4.69) is 27.3 Å². The Kier molecular flexibility index (Phi) is 4.20. The number of ether oxygens (including phenoxy) is 1. The number of thiazole rings is 1. The van der Waals surface area contributed by atoms with Crippen LogP contribution in [-0.2, 0) is 11.5 Å². The normalized spacial score (nSPS) is 13.2. The third-order valence-corrected chi connectivity index (χ3v) is 5.50. The molecule has 0 aliphatic heterocycles. The van der Waals surface area contributed by atoms with Gasteiger partial charge >= 0.3 is 0 Å². The Balaban J connectivity index is 1.74. The van der Waals surface area contributed by atoms with Crippen molar-refractivity contribution in [1.82, 2.24) is 19.7 Å². The minimum atomic E-state index is -0.0913. The number of nitrogens with zero attached hydrogens (tertiary/aromatic N) is 4. The van der Waals surface area contributed by atoms with Gasteiger partial charge in [-0.2, -0.15) is 0 Å². The number of rotatable bonds is 5. The van der Waals surface area contributed by atoms with Crippen molar-refractivity contribution in [2.45, 2.75) is 19.6 Å². The Hall–Kier alpha value is -2.36. The maximum absolute atomic E-state index is 13.0. The number of carbonyl (C=O) groups excluding carboxylic acids is 1. The summed E-state index contributed by atoms with van der Waals surface area (Å²) in [4.78, 5) is 17.4. The molecule has 25 heavy (non-hydrogen) atoms. The van der Waals surface area contributed by atoms with Crippen molar-refractivity contribution < 1.29 is 9.53 Å². The van der Waals surface area contributed by atoms with Gasteiger partial charge in [0.05, 0.1) is 5.56 Å². The monoisotopic (exact) mass is 373 g/mol. The second kappa shape index (κ2) is 6.51. The predicted molar refractivity (Wildman–Crippen MR) is 97.7 cm³/mol. The highest BCUT2D eigenvalue weighted by Gasteiger charge is 2.20. The fourth-order valence-electron chi connectivity index (χ4n) is 2.83. The van der Waals surface area contributed by atoms with Crippen LogP contribution in [0.5, 0.6) is 0 Å². The third-order valence-electron chi connectivity index (χ3n) is 3.88. The topological polar surface area (TPSA) is 95.9 Å². The number of nitrogen functional groups attached to an aromatic ring is 1. The quantitative estimate of drug-likeness (QED) is 0.676. The smallest absolute Gasteiger partial charge is 0.223 e. The van der Waals surface area contributed by atoms with Gasteiger partial charge in [-0.15, -0.1) is 21.5 Å². The Morgan fingerprint density at radius 3 is 2.96 bits per heavy atom. The lowest BCUT2D eigenvalue weighted by Gasteiger charge is -2.02. The van der Waals surface area contributed by atoms with E-state index in [4.69, 9.17) is 10.5 Å². The number of nitrogens with two attached hydrogens (primary N) is 1. The summed E-state index contributed by atoms with van der Waals surface area (Å²) >= 11 is 2.55. The molecular formula is C16H15N5O2S2. The maximum Gasteiger partial charge on any atom is 0.223 e. The lowest BCUT2D eigenvalue weighted by atomic mass is 10.1. The van der Waals surface area contributed by atoms with E-state index in [1.807, 2.05) is 16.1 Å². The fourth-order valence-corrected chi connectivity index (χ4v) is 4.23. The molecule has 0 radical (unpaired) electrons. The summed E-state index contributed by atoms with van der Waals surface area (Å²) in [6.45, 7) is 0.410. The zero-order valence-corrected chi connectivity index (χ0v) is 15.1. The zero-order valence-electron chi connectivity index (χ0n) is 13.4. The number of anilines is 1. The van der Waals surface area contributed by atoms with Gasteiger partial charge in [-0.25, -0.2) is 4.98 Å². The Labute approximate surface area is 151 Å². The largest absolute Gasteiger partial charge is 0.374 e. The minimum Gasteiger partial charge on any atom is -0.374 e. The summed E-state index contributed by atoms with van der Waals surface area (Å²) in [5.41, 5.74) is 6.89. The summed E-state index contributed by atoms with van der Waals surface area (Å²) in [7, 11) is 1.64. The van der Waals surface area contributed by atoms with Crippen LogP contribution in [0.1, 0.15) is 28.2 Å². The van der Waals surface area contributed by atoms with E-state index in [0.717, 1.165) is 23.4 Å². The van der Waals surface area contributed by atoms with Gasteiger partial charge in [-0.3, -0.25) is 4.79 Å². The molecule has 0 unspecified atom stereocenters. The lowest BCUT2D eigenvalue weighted by molar-refractivity contribution is 0.103. The summed E-state index contributed by atoms with van der Waals surface area (Å²) in [6.07, 6.45) is 7.99. The summed E-state index contributed by atoms with van der Waals surface area (Å²) in [6, 6.07) is 0. The molecule has 0 atom stereocenters. The van der Waals surface area contributed by atoms with E-state index in [0.29, 0.717) is 33.1 Å². The van der Waals surface area contributed by atoms with E-state index in [1.54, 1.807) is 7.11 Å². The first-order valence-electron chi connectivity index (χ1n) is 7.65. The second-order valence-electron chi connectivity index (χ2n) is 5.53. The van der Waals surface area contributed by atoms with Crippen molar-refractivity contribution in [2.75, 3.05) is 12.8 Å². The SMILES string of the molecule is COCn1cc(C(=O)c2nc(-c3nnc(N)s3)cs2)c2c1=CCCC=2. The highest BCUT2D eigenvalue weighted by molar-refractivity contribution is 7.18. The number of ketones is 1. The van der Waals surface area contributed by atoms with Gasteiger partial charge in [-0.05, 0) is 12.8 Å². The number of methoxy groups -OCH3 is 1. The van der Waals surface area contributed by atoms with Gasteiger partial charge in [-0.1, -0.05) is 23.5 Å². The molecule has 7 nitrogen and oxygen atoms in total. The number of hydrogen-bond acceptors (Lipinski definition) is 8. The van der Waals surface area contributed by atoms with Gasteiger partial charge in [0.25, 0.3) is 0 Å². The number of carbonyl (C=O) groups is 1. The lowest BCUT2D eigenvalue weighted by Crippen LogP contribution is -2.33. The van der Waals surface area contributed by atoms with E-state index in [9.17, 15) is 4.79 Å². The molecule has 3 aromatic rings. The molecule has 9 heteroatoms. The molecule has 0 aromatic carbocycles. The average molecular weight is 373 g/mol. The predicted octanol–water partition coefficient (Wildman–Crippen LogP) is 1.24. The number of aromatic nitrogens is 4. The number of hydrogen-bond donors (Lipinski definition) is 1. The number of fused-ring (bicyclic) bond motifs is 1. The van der Waals surface area contributed by atoms with Gasteiger partial charge in [0.1, 0.15) is 12.4 Å². The summed E-state index contributed by atoms with van der Waals surface area (Å²) in [5, 5.41) is 13.0. The highest BCUT2D eigenvalue weighted by atomic mass is 32.1. The minimum absolute atomic E-state index is 0.0913. The van der Waals surface area contributed by atoms with Crippen LogP contribution in [0.25, 0.3) is 22.9 Å². The van der Waals surface area contributed by atoms with Crippen molar-refractivity contribution >= 4 is 45.7 Å². The van der Waals surface area contributed by atoms with Crippen LogP contribution in [0.2, 0.25) is 0 Å². The first-order valence-corrected chi connectivity index (χ1v) is 9.35. The first kappa shape index (κ1) is 16.1. The van der Waals surface area contributed by atoms with Gasteiger partial charge in [0, 0.05) is 29.3 Å². The standard InChI is InChI=1S/C16H15N5O2S2/c1-23-8-21-6-10(9-4-2-3-5-12(9)21)13(22)15-18-11(7-24-15)14-19-20-16(17)25-14/h4-7H,2-3,8H2,1H3,(H2,17,20). The third kappa shape index (κ3) is 2.90. The molecule has 128 valence electrons. The fraction of sp³-hybridized carbons (Fsp3) is 0.250. The van der Waals surface area contributed by atoms with Gasteiger partial charge in [0.2, 0.25) is 10.9 Å². The maximum atomic E-state index is 13.0. The molecule has 0 amide bonds. The second-order valence-corrected chi connectivity index (χ2v) is 7.39. The molecule has 4 rings (SSSR count).